The van der Waals surface area contributed by atoms with Crippen LogP contribution in [-0.4, -0.2) is 43.2 Å². The summed E-state index contributed by atoms with van der Waals surface area (Å²) in [6.45, 7) is 7.36. The number of nitrogens with one attached hydrogen (secondary N) is 1. The minimum absolute atomic E-state index is 0.0907. The van der Waals surface area contributed by atoms with Gasteiger partial charge in [0.05, 0.1) is 17.8 Å². The van der Waals surface area contributed by atoms with Crippen molar-refractivity contribution in [2.24, 2.45) is 0 Å². The average molecular weight is 436 g/mol. The van der Waals surface area contributed by atoms with E-state index in [0.717, 1.165) is 16.7 Å². The standard InChI is InChI=1S/C23H24N4O5/c1-12-13-7-8-16(15(13)6-5-14(12)22(31)32-23(2,3)4)26-20(28)18-11-17(21(29)30)25-19-9-10-24-27(18)19/h5-6,9-11,16H,7-8H2,1-4H3,(H,26,28)(H,29,30)/t16-/m0/s1. The van der Waals surface area contributed by atoms with E-state index in [1.807, 2.05) is 33.8 Å². The third-order valence-electron chi connectivity index (χ3n) is 5.43. The van der Waals surface area contributed by atoms with Gasteiger partial charge in [0, 0.05) is 12.1 Å². The molecule has 0 saturated heterocycles. The molecule has 0 aliphatic heterocycles. The molecule has 1 amide bonds. The number of esters is 1. The SMILES string of the molecule is Cc1c(C(=O)OC(C)(C)C)ccc2c1CC[C@@H]2NC(=O)c1cc(C(=O)O)nc2ccnn12. The van der Waals surface area contributed by atoms with Crippen molar-refractivity contribution in [1.29, 1.82) is 0 Å². The number of carbonyl (C=O) groups is 3. The smallest absolute Gasteiger partial charge is 0.354 e. The Morgan fingerprint density at radius 2 is 1.97 bits per heavy atom. The van der Waals surface area contributed by atoms with Crippen molar-refractivity contribution in [3.63, 3.8) is 0 Å². The van der Waals surface area contributed by atoms with Crippen LogP contribution in [0, 0.1) is 6.92 Å². The fourth-order valence-corrected chi connectivity index (χ4v) is 4.00. The number of aromatic nitrogens is 3. The Morgan fingerprint density at radius 1 is 1.22 bits per heavy atom. The molecule has 0 radical (unpaired) electrons. The van der Waals surface area contributed by atoms with Crippen LogP contribution in [0.4, 0.5) is 0 Å². The number of ether oxygens (including phenoxy) is 1. The third-order valence-corrected chi connectivity index (χ3v) is 5.43. The molecule has 0 fully saturated rings. The summed E-state index contributed by atoms with van der Waals surface area (Å²) in [6, 6.07) is 6.06. The highest BCUT2D eigenvalue weighted by molar-refractivity contribution is 5.96. The summed E-state index contributed by atoms with van der Waals surface area (Å²) in [5.74, 6) is -2.04. The quantitative estimate of drug-likeness (QED) is 0.603. The normalized spacial score (nSPS) is 15.4. The minimum Gasteiger partial charge on any atom is -0.477 e. The summed E-state index contributed by atoms with van der Waals surface area (Å²) in [5.41, 5.74) is 2.87. The number of fused-ring (bicyclic) bond motifs is 2. The number of carboxylic acid groups (broad SMARTS) is 1. The van der Waals surface area contributed by atoms with Crippen LogP contribution in [0.5, 0.6) is 0 Å². The Labute approximate surface area is 184 Å². The summed E-state index contributed by atoms with van der Waals surface area (Å²) in [6.07, 6.45) is 2.83. The summed E-state index contributed by atoms with van der Waals surface area (Å²) >= 11 is 0. The molecule has 3 aromatic rings. The number of benzene rings is 1. The number of hydrogen-bond acceptors (Lipinski definition) is 6. The van der Waals surface area contributed by atoms with Gasteiger partial charge < -0.3 is 15.2 Å². The summed E-state index contributed by atoms with van der Waals surface area (Å²) < 4.78 is 6.82. The van der Waals surface area contributed by atoms with Gasteiger partial charge in [0.1, 0.15) is 11.3 Å². The second-order valence-corrected chi connectivity index (χ2v) is 8.81. The summed E-state index contributed by atoms with van der Waals surface area (Å²) in [4.78, 5) is 41.0. The molecule has 1 atom stereocenters. The summed E-state index contributed by atoms with van der Waals surface area (Å²) in [5, 5.41) is 16.4. The maximum atomic E-state index is 13.0. The first-order valence-electron chi connectivity index (χ1n) is 10.3. The van der Waals surface area contributed by atoms with E-state index in [0.29, 0.717) is 18.4 Å². The largest absolute Gasteiger partial charge is 0.477 e. The lowest BCUT2D eigenvalue weighted by Gasteiger charge is -2.21. The number of nitrogens with zero attached hydrogens (tertiary/aromatic N) is 3. The zero-order valence-corrected chi connectivity index (χ0v) is 18.3. The predicted octanol–water partition coefficient (Wildman–Crippen LogP) is 3.11. The van der Waals surface area contributed by atoms with Crippen molar-refractivity contribution in [3.05, 3.63) is 64.1 Å². The lowest BCUT2D eigenvalue weighted by Crippen LogP contribution is -2.29. The lowest BCUT2D eigenvalue weighted by atomic mass is 9.97. The minimum atomic E-state index is -1.22. The van der Waals surface area contributed by atoms with Gasteiger partial charge in [-0.2, -0.15) is 5.10 Å². The molecule has 2 aromatic heterocycles. The number of carbonyl (C=O) groups excluding carboxylic acids is 2. The van der Waals surface area contributed by atoms with Gasteiger partial charge in [-0.3, -0.25) is 4.79 Å². The second kappa shape index (κ2) is 7.74. The molecule has 32 heavy (non-hydrogen) atoms. The molecular weight excluding hydrogens is 412 g/mol. The molecular formula is C23H24N4O5. The van der Waals surface area contributed by atoms with Crippen molar-refractivity contribution in [3.8, 4) is 0 Å². The zero-order valence-electron chi connectivity index (χ0n) is 18.3. The highest BCUT2D eigenvalue weighted by Crippen LogP contribution is 2.35. The number of amides is 1. The molecule has 0 saturated carbocycles. The molecule has 1 aliphatic rings. The van der Waals surface area contributed by atoms with Crippen molar-refractivity contribution < 1.29 is 24.2 Å². The molecule has 1 aliphatic carbocycles. The molecule has 0 unspecified atom stereocenters. The Kier molecular flexibility index (Phi) is 5.20. The molecule has 1 aromatic carbocycles. The van der Waals surface area contributed by atoms with Gasteiger partial charge in [-0.05, 0) is 63.3 Å². The Hall–Kier alpha value is -3.75. The Bertz CT molecular complexity index is 1260. The van der Waals surface area contributed by atoms with E-state index in [1.54, 1.807) is 6.07 Å². The van der Waals surface area contributed by atoms with E-state index >= 15 is 0 Å². The Balaban J connectivity index is 1.61. The van der Waals surface area contributed by atoms with Crippen LogP contribution in [0.2, 0.25) is 0 Å². The molecule has 166 valence electrons. The van der Waals surface area contributed by atoms with E-state index in [2.05, 4.69) is 15.4 Å². The van der Waals surface area contributed by atoms with Crippen molar-refractivity contribution in [2.45, 2.75) is 52.2 Å². The first-order chi connectivity index (χ1) is 15.0. The van der Waals surface area contributed by atoms with Crippen molar-refractivity contribution in [2.75, 3.05) is 0 Å². The van der Waals surface area contributed by atoms with Crippen LogP contribution in [-0.2, 0) is 11.2 Å². The molecule has 4 rings (SSSR count). The topological polar surface area (TPSA) is 123 Å². The number of hydrogen-bond donors (Lipinski definition) is 2. The highest BCUT2D eigenvalue weighted by Gasteiger charge is 2.30. The third kappa shape index (κ3) is 3.93. The first-order valence-corrected chi connectivity index (χ1v) is 10.3. The van der Waals surface area contributed by atoms with Crippen molar-refractivity contribution in [1.82, 2.24) is 19.9 Å². The number of carboxylic acids is 1. The molecule has 9 heteroatoms. The molecule has 2 heterocycles. The fourth-order valence-electron chi connectivity index (χ4n) is 4.00. The van der Waals surface area contributed by atoms with Gasteiger partial charge >= 0.3 is 11.9 Å². The number of aromatic carboxylic acids is 1. The maximum absolute atomic E-state index is 13.0. The van der Waals surface area contributed by atoms with E-state index in [9.17, 15) is 19.5 Å². The van der Waals surface area contributed by atoms with Gasteiger partial charge in [0.2, 0.25) is 0 Å². The average Bonchev–Trinajstić information content (AvgIpc) is 3.33. The van der Waals surface area contributed by atoms with Gasteiger partial charge in [-0.25, -0.2) is 19.1 Å². The molecule has 2 N–H and O–H groups in total. The monoisotopic (exact) mass is 436 g/mol. The van der Waals surface area contributed by atoms with Gasteiger partial charge in [0.25, 0.3) is 5.91 Å². The molecule has 0 bridgehead atoms. The van der Waals surface area contributed by atoms with Crippen molar-refractivity contribution >= 4 is 23.5 Å². The van der Waals surface area contributed by atoms with Gasteiger partial charge in [0.15, 0.2) is 11.3 Å². The van der Waals surface area contributed by atoms with Crippen LogP contribution in [0.1, 0.15) is 81.3 Å². The van der Waals surface area contributed by atoms with E-state index in [4.69, 9.17) is 4.74 Å². The first kappa shape index (κ1) is 21.5. The summed E-state index contributed by atoms with van der Waals surface area (Å²) in [7, 11) is 0. The van der Waals surface area contributed by atoms with Crippen LogP contribution in [0.25, 0.3) is 5.65 Å². The van der Waals surface area contributed by atoms with Crippen LogP contribution < -0.4 is 5.32 Å². The highest BCUT2D eigenvalue weighted by atomic mass is 16.6. The second-order valence-electron chi connectivity index (χ2n) is 8.81. The molecule has 9 nitrogen and oxygen atoms in total. The zero-order chi connectivity index (χ0) is 23.2. The van der Waals surface area contributed by atoms with Crippen LogP contribution >= 0.6 is 0 Å². The van der Waals surface area contributed by atoms with E-state index < -0.39 is 17.5 Å². The van der Waals surface area contributed by atoms with E-state index in [-0.39, 0.29) is 29.0 Å². The predicted molar refractivity (Wildman–Crippen MR) is 115 cm³/mol. The lowest BCUT2D eigenvalue weighted by molar-refractivity contribution is 0.00682. The van der Waals surface area contributed by atoms with Crippen LogP contribution in [0.3, 0.4) is 0 Å². The van der Waals surface area contributed by atoms with E-state index in [1.165, 1.54) is 22.8 Å². The van der Waals surface area contributed by atoms with Crippen LogP contribution in [0.15, 0.2) is 30.5 Å². The Morgan fingerprint density at radius 3 is 2.66 bits per heavy atom. The number of rotatable bonds is 4. The van der Waals surface area contributed by atoms with Gasteiger partial charge in [-0.15, -0.1) is 0 Å². The molecule has 0 spiro atoms. The van der Waals surface area contributed by atoms with Gasteiger partial charge in [-0.1, -0.05) is 6.07 Å². The fraction of sp³-hybridized carbons (Fsp3) is 0.348. The maximum Gasteiger partial charge on any atom is 0.354 e.